The molecule has 2 saturated heterocycles. The molecule has 12 rings (SSSR count). The fourth-order valence-electron chi connectivity index (χ4n) is 15.9. The average Bonchev–Trinajstić information content (AvgIpc) is 1.10. The molecule has 0 aromatic heterocycles. The summed E-state index contributed by atoms with van der Waals surface area (Å²) in [5.41, 5.74) is -3.35. The van der Waals surface area contributed by atoms with Gasteiger partial charge >= 0.3 is 47.8 Å². The van der Waals surface area contributed by atoms with Crippen molar-refractivity contribution in [3.63, 3.8) is 0 Å². The van der Waals surface area contributed by atoms with Crippen LogP contribution in [-0.4, -0.2) is 116 Å². The fourth-order valence-corrected chi connectivity index (χ4v) is 15.9. The van der Waals surface area contributed by atoms with Gasteiger partial charge in [0.2, 0.25) is 0 Å². The summed E-state index contributed by atoms with van der Waals surface area (Å²) in [5, 5.41) is 21.2. The molecule has 10 saturated carbocycles. The highest BCUT2D eigenvalue weighted by molar-refractivity contribution is 5.78. The van der Waals surface area contributed by atoms with Crippen LogP contribution in [0.15, 0.2) is 0 Å². The number of hydrogen-bond donors (Lipinski definition) is 2. The number of rotatable bonds is 20. The third-order valence-corrected chi connectivity index (χ3v) is 23.3. The van der Waals surface area contributed by atoms with Crippen LogP contribution in [0.4, 0.5) is 0 Å². The number of carbonyl (C=O) groups is 8. The second-order valence-electron chi connectivity index (χ2n) is 32.5. The Hall–Kier alpha value is -4.32. The average molecular weight is 1520 g/mol. The van der Waals surface area contributed by atoms with Crippen LogP contribution in [0.2, 0.25) is 0 Å². The van der Waals surface area contributed by atoms with E-state index in [9.17, 15) is 48.6 Å². The molecule has 0 amide bonds. The molecule has 0 aromatic carbocycles. The van der Waals surface area contributed by atoms with Crippen molar-refractivity contribution in [2.75, 3.05) is 13.2 Å². The van der Waals surface area contributed by atoms with Gasteiger partial charge in [-0.25, -0.2) is 0 Å². The number of esters is 8. The second-order valence-corrected chi connectivity index (χ2v) is 32.5. The predicted octanol–water partition coefficient (Wildman–Crippen LogP) is 22.9. The normalized spacial score (nSPS) is 28.6. The molecule has 0 spiro atoms. The van der Waals surface area contributed by atoms with E-state index in [1.807, 2.05) is 90.0 Å². The van der Waals surface area contributed by atoms with Crippen molar-refractivity contribution in [1.82, 2.24) is 0 Å². The first kappa shape index (κ1) is 117. The molecule has 18 heteroatoms. The SMILES string of the molecule is C.C.C.C.C.C.C.C.C.C.C.C.CCC(C)C(=O)OC1(C)CCOC(=O)C1.CCC(C)C(=O)OC12CC3CC(CC(O)(C3)C1)C2.CCC(C)C(=O)OC12CC3CC(CC(O)(C3)C1)C2.CCC(C)C(=O)OC1COC(=O)C1.CCC1(OC(=O)C(C)(C)CC)CCCC1.CCC1(OC(=O)C(C)(C)CC)CCCC1. The van der Waals surface area contributed by atoms with Crippen LogP contribution in [0.25, 0.3) is 0 Å². The van der Waals surface area contributed by atoms with E-state index >= 15 is 0 Å². The first-order chi connectivity index (χ1) is 43.9. The van der Waals surface area contributed by atoms with Crippen LogP contribution in [0.5, 0.6) is 0 Å². The van der Waals surface area contributed by atoms with Crippen molar-refractivity contribution in [1.29, 1.82) is 0 Å². The van der Waals surface area contributed by atoms with Crippen molar-refractivity contribution in [2.45, 2.75) is 451 Å². The summed E-state index contributed by atoms with van der Waals surface area (Å²) >= 11 is 0. The monoisotopic (exact) mass is 1520 g/mol. The number of cyclic esters (lactones) is 2. The van der Waals surface area contributed by atoms with Crippen molar-refractivity contribution < 1.29 is 86.5 Å². The zero-order chi connectivity index (χ0) is 70.3. The molecule has 10 atom stereocenters. The fraction of sp³-hybridized carbons (Fsp3) is 0.909. The molecule has 10 unspecified atom stereocenters. The highest BCUT2D eigenvalue weighted by Gasteiger charge is 2.61. The minimum atomic E-state index is -0.671. The van der Waals surface area contributed by atoms with Crippen LogP contribution >= 0.6 is 0 Å². The number of carbonyl (C=O) groups excluding carboxylic acids is 8. The zero-order valence-electron chi connectivity index (χ0n) is 61.5. The standard InChI is InChI=1S/2C15H24O3.2C13H24O2.C11H18O4.C9H14O4.12CH4/c2*1-3-10(2)13(16)18-15-7-11-4-12(8-15)6-14(17,5-11)9-15;2*1-5-12(3,4)11(14)15-13(6-2)9-7-8-10-13;1-4-8(2)10(13)15-11(3)5-6-14-9(12)7-11;1-3-6(2)9(11)13-7-4-8(10)12-5-7;;;;;;;;;;;;/h2*10-12,17H,3-9H2,1-2H3;2*5-10H2,1-4H3;8H,4-7H2,1-3H3;6-7H,3-5H2,1-2H3;12*1H4. The highest BCUT2D eigenvalue weighted by Crippen LogP contribution is 2.60. The molecule has 0 radical (unpaired) electrons. The lowest BCUT2D eigenvalue weighted by Crippen LogP contribution is -2.60. The molecule has 0 aromatic rings. The molecule has 18 nitrogen and oxygen atoms in total. The van der Waals surface area contributed by atoms with Gasteiger partial charge in [0.25, 0.3) is 0 Å². The molecule has 10 aliphatic carbocycles. The van der Waals surface area contributed by atoms with E-state index < -0.39 is 16.8 Å². The molecule has 2 N–H and O–H groups in total. The van der Waals surface area contributed by atoms with E-state index in [4.69, 9.17) is 33.2 Å². The lowest BCUT2D eigenvalue weighted by atomic mass is 9.52. The second kappa shape index (κ2) is 49.8. The van der Waals surface area contributed by atoms with Gasteiger partial charge in [0, 0.05) is 19.3 Å². The molecular formula is C88H176O18. The first-order valence-electron chi connectivity index (χ1n) is 37.0. The molecular weight excluding hydrogens is 1340 g/mol. The molecule has 8 bridgehead atoms. The summed E-state index contributed by atoms with van der Waals surface area (Å²) in [6.45, 7) is 33.9. The molecule has 2 aliphatic heterocycles. The smallest absolute Gasteiger partial charge is 0.312 e. The van der Waals surface area contributed by atoms with Gasteiger partial charge in [0.15, 0.2) is 0 Å². The van der Waals surface area contributed by atoms with Crippen LogP contribution in [0, 0.1) is 58.2 Å². The molecule has 12 aliphatic rings. The maximum absolute atomic E-state index is 12.1. The van der Waals surface area contributed by atoms with E-state index in [1.165, 1.54) is 38.5 Å². The lowest BCUT2D eigenvalue weighted by Gasteiger charge is -2.59. The minimum Gasteiger partial charge on any atom is -0.465 e. The maximum Gasteiger partial charge on any atom is 0.312 e. The van der Waals surface area contributed by atoms with Crippen LogP contribution < -0.4 is 0 Å². The third-order valence-electron chi connectivity index (χ3n) is 23.3. The topological polar surface area (TPSA) is 251 Å². The molecule has 636 valence electrons. The van der Waals surface area contributed by atoms with E-state index in [0.29, 0.717) is 49.5 Å². The van der Waals surface area contributed by atoms with E-state index in [2.05, 4.69) is 18.6 Å². The Labute approximate surface area is 653 Å². The predicted molar refractivity (Wildman–Crippen MR) is 439 cm³/mol. The maximum atomic E-state index is 12.1. The summed E-state index contributed by atoms with van der Waals surface area (Å²) in [7, 11) is 0. The van der Waals surface area contributed by atoms with E-state index in [1.54, 1.807) is 13.8 Å². The first-order valence-corrected chi connectivity index (χ1v) is 37.0. The van der Waals surface area contributed by atoms with Crippen LogP contribution in [0.3, 0.4) is 0 Å². The quantitative estimate of drug-likeness (QED) is 0.0849. The molecule has 2 heterocycles. The summed E-state index contributed by atoms with van der Waals surface area (Å²) in [6.07, 6.45) is 27.7. The number of ether oxygens (including phenoxy) is 8. The zero-order valence-corrected chi connectivity index (χ0v) is 61.5. The number of hydrogen-bond acceptors (Lipinski definition) is 18. The minimum absolute atomic E-state index is 0. The van der Waals surface area contributed by atoms with E-state index in [-0.39, 0.29) is 219 Å². The summed E-state index contributed by atoms with van der Waals surface area (Å²) < 4.78 is 43.2. The van der Waals surface area contributed by atoms with Crippen molar-refractivity contribution in [3.05, 3.63) is 0 Å². The lowest BCUT2D eigenvalue weighted by molar-refractivity contribution is -0.223. The van der Waals surface area contributed by atoms with Crippen molar-refractivity contribution >= 4 is 47.8 Å². The summed E-state index contributed by atoms with van der Waals surface area (Å²) in [5.74, 6) is 0.802. The van der Waals surface area contributed by atoms with Crippen LogP contribution in [0.1, 0.15) is 406 Å². The highest BCUT2D eigenvalue weighted by atomic mass is 16.6. The Morgan fingerprint density at radius 2 is 0.755 bits per heavy atom. The Balaban J connectivity index is -0.000000178. The summed E-state index contributed by atoms with van der Waals surface area (Å²) in [4.78, 5) is 92.7. The molecule has 12 fully saturated rings. The Bertz CT molecular complexity index is 2380. The summed E-state index contributed by atoms with van der Waals surface area (Å²) in [6, 6.07) is 0. The van der Waals surface area contributed by atoms with Crippen LogP contribution in [-0.2, 0) is 76.3 Å². The number of aliphatic hydroxyl groups is 2. The third kappa shape index (κ3) is 32.9. The Morgan fingerprint density at radius 3 is 1.02 bits per heavy atom. The largest absolute Gasteiger partial charge is 0.465 e. The Kier molecular flexibility index (Phi) is 55.2. The molecule has 106 heavy (non-hydrogen) atoms. The van der Waals surface area contributed by atoms with Gasteiger partial charge in [-0.2, -0.15) is 0 Å². The van der Waals surface area contributed by atoms with Gasteiger partial charge in [-0.3, -0.25) is 38.4 Å². The van der Waals surface area contributed by atoms with E-state index in [0.717, 1.165) is 128 Å². The Morgan fingerprint density at radius 1 is 0.443 bits per heavy atom. The van der Waals surface area contributed by atoms with Gasteiger partial charge in [0.05, 0.1) is 65.2 Å². The van der Waals surface area contributed by atoms with Gasteiger partial charge in [-0.05, 0) is 225 Å². The van der Waals surface area contributed by atoms with Gasteiger partial charge in [0.1, 0.15) is 40.7 Å². The van der Waals surface area contributed by atoms with Gasteiger partial charge in [-0.1, -0.05) is 172 Å². The van der Waals surface area contributed by atoms with Crippen molar-refractivity contribution in [3.8, 4) is 0 Å². The van der Waals surface area contributed by atoms with Crippen molar-refractivity contribution in [2.24, 2.45) is 58.2 Å². The van der Waals surface area contributed by atoms with Gasteiger partial charge < -0.3 is 48.1 Å². The van der Waals surface area contributed by atoms with Gasteiger partial charge in [-0.15, -0.1) is 0 Å².